The normalized spacial score (nSPS) is 16.4. The van der Waals surface area contributed by atoms with E-state index in [0.29, 0.717) is 42.7 Å². The first-order chi connectivity index (χ1) is 14.1. The number of carbonyl (C=O) groups excluding carboxylic acids is 1. The number of likely N-dealkylation sites (tertiary alicyclic amines) is 1. The molecular formula is C22H22ClN3O3. The van der Waals surface area contributed by atoms with E-state index in [1.54, 1.807) is 7.11 Å². The predicted molar refractivity (Wildman–Crippen MR) is 109 cm³/mol. The van der Waals surface area contributed by atoms with E-state index in [0.717, 1.165) is 17.7 Å². The molecule has 2 aromatic carbocycles. The topological polar surface area (TPSA) is 68.5 Å². The zero-order chi connectivity index (χ0) is 20.2. The SMILES string of the molecule is COc1ccc(CCc2nc(C3CC(=O)N(Cc4ccc(Cl)cc4)C3)no2)cc1. The van der Waals surface area contributed by atoms with E-state index in [2.05, 4.69) is 10.1 Å². The Balaban J connectivity index is 1.34. The van der Waals surface area contributed by atoms with E-state index >= 15 is 0 Å². The average molecular weight is 412 g/mol. The van der Waals surface area contributed by atoms with Crippen LogP contribution in [0.15, 0.2) is 53.1 Å². The van der Waals surface area contributed by atoms with Crippen molar-refractivity contribution in [3.05, 3.63) is 76.4 Å². The van der Waals surface area contributed by atoms with Gasteiger partial charge in [-0.3, -0.25) is 4.79 Å². The molecule has 1 amide bonds. The molecule has 1 aliphatic rings. The Morgan fingerprint density at radius 2 is 1.83 bits per heavy atom. The molecule has 0 N–H and O–H groups in total. The Morgan fingerprint density at radius 1 is 1.10 bits per heavy atom. The minimum Gasteiger partial charge on any atom is -0.497 e. The summed E-state index contributed by atoms with van der Waals surface area (Å²) in [7, 11) is 1.65. The minimum absolute atomic E-state index is 0.0340. The van der Waals surface area contributed by atoms with Crippen LogP contribution in [-0.2, 0) is 24.2 Å². The quantitative estimate of drug-likeness (QED) is 0.587. The third-order valence-electron chi connectivity index (χ3n) is 5.14. The van der Waals surface area contributed by atoms with Gasteiger partial charge in [-0.15, -0.1) is 0 Å². The summed E-state index contributed by atoms with van der Waals surface area (Å²) in [6.07, 6.45) is 1.87. The molecule has 1 aliphatic heterocycles. The number of amides is 1. The highest BCUT2D eigenvalue weighted by Gasteiger charge is 2.33. The fraction of sp³-hybridized carbons (Fsp3) is 0.318. The molecule has 0 saturated carbocycles. The predicted octanol–water partition coefficient (Wildman–Crippen LogP) is 4.03. The summed E-state index contributed by atoms with van der Waals surface area (Å²) in [6.45, 7) is 1.16. The molecule has 0 radical (unpaired) electrons. The first kappa shape index (κ1) is 19.5. The fourth-order valence-corrected chi connectivity index (χ4v) is 3.61. The number of halogens is 1. The molecule has 4 rings (SSSR count). The number of aromatic nitrogens is 2. The summed E-state index contributed by atoms with van der Waals surface area (Å²) in [4.78, 5) is 18.8. The van der Waals surface area contributed by atoms with Crippen LogP contribution < -0.4 is 4.74 Å². The van der Waals surface area contributed by atoms with Gasteiger partial charge in [0.15, 0.2) is 5.82 Å². The van der Waals surface area contributed by atoms with Crippen molar-refractivity contribution in [1.82, 2.24) is 15.0 Å². The van der Waals surface area contributed by atoms with E-state index < -0.39 is 0 Å². The molecule has 7 heteroatoms. The second-order valence-electron chi connectivity index (χ2n) is 7.20. The van der Waals surface area contributed by atoms with Crippen molar-refractivity contribution in [2.45, 2.75) is 31.7 Å². The number of rotatable bonds is 7. The minimum atomic E-state index is -0.0340. The molecule has 29 heavy (non-hydrogen) atoms. The lowest BCUT2D eigenvalue weighted by atomic mass is 10.1. The molecular weight excluding hydrogens is 390 g/mol. The maximum atomic E-state index is 12.4. The lowest BCUT2D eigenvalue weighted by Crippen LogP contribution is -2.24. The first-order valence-electron chi connectivity index (χ1n) is 9.58. The summed E-state index contributed by atoms with van der Waals surface area (Å²) < 4.78 is 10.6. The van der Waals surface area contributed by atoms with Crippen LogP contribution in [0.4, 0.5) is 0 Å². The number of carbonyl (C=O) groups is 1. The number of benzene rings is 2. The largest absolute Gasteiger partial charge is 0.497 e. The zero-order valence-electron chi connectivity index (χ0n) is 16.2. The van der Waals surface area contributed by atoms with Crippen molar-refractivity contribution >= 4 is 17.5 Å². The molecule has 1 saturated heterocycles. The van der Waals surface area contributed by atoms with Gasteiger partial charge in [0.1, 0.15) is 5.75 Å². The summed E-state index contributed by atoms with van der Waals surface area (Å²) in [5, 5.41) is 4.81. The molecule has 150 valence electrons. The van der Waals surface area contributed by atoms with Gasteiger partial charge in [0.05, 0.1) is 7.11 Å². The van der Waals surface area contributed by atoms with Gasteiger partial charge in [0.25, 0.3) is 0 Å². The number of nitrogens with zero attached hydrogens (tertiary/aromatic N) is 3. The number of hydrogen-bond donors (Lipinski definition) is 0. The van der Waals surface area contributed by atoms with Gasteiger partial charge >= 0.3 is 0 Å². The van der Waals surface area contributed by atoms with E-state index in [1.807, 2.05) is 53.4 Å². The van der Waals surface area contributed by atoms with E-state index in [4.69, 9.17) is 20.9 Å². The van der Waals surface area contributed by atoms with Crippen LogP contribution in [0.1, 0.15) is 35.2 Å². The van der Waals surface area contributed by atoms with Crippen LogP contribution in [0.25, 0.3) is 0 Å². The summed E-state index contributed by atoms with van der Waals surface area (Å²) >= 11 is 5.93. The maximum absolute atomic E-state index is 12.4. The maximum Gasteiger partial charge on any atom is 0.226 e. The van der Waals surface area contributed by atoms with Crippen molar-refractivity contribution < 1.29 is 14.1 Å². The Morgan fingerprint density at radius 3 is 2.55 bits per heavy atom. The van der Waals surface area contributed by atoms with Crippen LogP contribution in [0.2, 0.25) is 5.02 Å². The van der Waals surface area contributed by atoms with E-state index in [1.165, 1.54) is 5.56 Å². The smallest absolute Gasteiger partial charge is 0.226 e. The Hall–Kier alpha value is -2.86. The van der Waals surface area contributed by atoms with Gasteiger partial charge in [0, 0.05) is 36.9 Å². The highest BCUT2D eigenvalue weighted by atomic mass is 35.5. The lowest BCUT2D eigenvalue weighted by Gasteiger charge is -2.16. The first-order valence-corrected chi connectivity index (χ1v) is 9.96. The molecule has 1 unspecified atom stereocenters. The van der Waals surface area contributed by atoms with Crippen molar-refractivity contribution in [2.75, 3.05) is 13.7 Å². The molecule has 3 aromatic rings. The summed E-state index contributed by atoms with van der Waals surface area (Å²) in [6, 6.07) is 15.5. The third kappa shape index (κ3) is 4.77. The summed E-state index contributed by atoms with van der Waals surface area (Å²) in [5.41, 5.74) is 2.23. The molecule has 1 aromatic heterocycles. The standard InChI is InChI=1S/C22H22ClN3O3/c1-28-19-9-4-15(5-10-19)6-11-20-24-22(25-29-20)17-12-21(27)26(14-17)13-16-2-7-18(23)8-3-16/h2-5,7-10,17H,6,11-14H2,1H3. The Bertz CT molecular complexity index is 970. The second-order valence-corrected chi connectivity index (χ2v) is 7.63. The Kier molecular flexibility index (Phi) is 5.81. The number of aryl methyl sites for hydroxylation is 2. The molecule has 0 spiro atoms. The highest BCUT2D eigenvalue weighted by molar-refractivity contribution is 6.30. The van der Waals surface area contributed by atoms with Crippen LogP contribution in [0.3, 0.4) is 0 Å². The number of ether oxygens (including phenoxy) is 1. The molecule has 2 heterocycles. The van der Waals surface area contributed by atoms with Crippen LogP contribution in [-0.4, -0.2) is 34.6 Å². The monoisotopic (exact) mass is 411 g/mol. The highest BCUT2D eigenvalue weighted by Crippen LogP contribution is 2.28. The van der Waals surface area contributed by atoms with Crippen molar-refractivity contribution in [1.29, 1.82) is 0 Å². The van der Waals surface area contributed by atoms with Gasteiger partial charge in [-0.1, -0.05) is 41.0 Å². The lowest BCUT2D eigenvalue weighted by molar-refractivity contribution is -0.128. The van der Waals surface area contributed by atoms with Crippen molar-refractivity contribution in [3.8, 4) is 5.75 Å². The van der Waals surface area contributed by atoms with Gasteiger partial charge in [-0.05, 0) is 41.8 Å². The van der Waals surface area contributed by atoms with Crippen LogP contribution >= 0.6 is 11.6 Å². The molecule has 1 atom stereocenters. The average Bonchev–Trinajstić information content (AvgIpc) is 3.35. The van der Waals surface area contributed by atoms with Gasteiger partial charge in [0.2, 0.25) is 11.8 Å². The van der Waals surface area contributed by atoms with Crippen LogP contribution in [0, 0.1) is 0 Å². The van der Waals surface area contributed by atoms with E-state index in [-0.39, 0.29) is 11.8 Å². The number of methoxy groups -OCH3 is 1. The van der Waals surface area contributed by atoms with Gasteiger partial charge in [-0.25, -0.2) is 0 Å². The molecule has 0 aliphatic carbocycles. The van der Waals surface area contributed by atoms with Gasteiger partial charge in [-0.2, -0.15) is 4.98 Å². The summed E-state index contributed by atoms with van der Waals surface area (Å²) in [5.74, 6) is 2.12. The van der Waals surface area contributed by atoms with Crippen molar-refractivity contribution in [2.24, 2.45) is 0 Å². The molecule has 6 nitrogen and oxygen atoms in total. The third-order valence-corrected chi connectivity index (χ3v) is 5.39. The molecule has 0 bridgehead atoms. The van der Waals surface area contributed by atoms with Gasteiger partial charge < -0.3 is 14.2 Å². The Labute approximate surface area is 174 Å². The molecule has 1 fully saturated rings. The van der Waals surface area contributed by atoms with E-state index in [9.17, 15) is 4.79 Å². The fourth-order valence-electron chi connectivity index (χ4n) is 3.49. The van der Waals surface area contributed by atoms with Crippen LogP contribution in [0.5, 0.6) is 5.75 Å². The number of hydrogen-bond acceptors (Lipinski definition) is 5. The zero-order valence-corrected chi connectivity index (χ0v) is 16.9. The van der Waals surface area contributed by atoms with Crippen molar-refractivity contribution in [3.63, 3.8) is 0 Å². The second kappa shape index (κ2) is 8.66.